The van der Waals surface area contributed by atoms with Gasteiger partial charge in [0.15, 0.2) is 0 Å². The molecule has 0 saturated heterocycles. The number of aryl methyl sites for hydroxylation is 1. The quantitative estimate of drug-likeness (QED) is 0.781. The summed E-state index contributed by atoms with van der Waals surface area (Å²) in [4.78, 5) is 25.6. The van der Waals surface area contributed by atoms with Crippen molar-refractivity contribution < 1.29 is 14.7 Å². The number of carboxylic acids is 1. The fraction of sp³-hybridized carbons (Fsp3) is 0.286. The second-order valence-corrected chi connectivity index (χ2v) is 4.62. The molecule has 1 amide bonds. The topological polar surface area (TPSA) is 82.2 Å². The van der Waals surface area contributed by atoms with Crippen molar-refractivity contribution in [3.05, 3.63) is 35.5 Å². The molecule has 0 aliphatic carbocycles. The lowest BCUT2D eigenvalue weighted by Gasteiger charge is -2.09. The van der Waals surface area contributed by atoms with E-state index >= 15 is 0 Å². The molecule has 5 heteroatoms. The molecule has 1 heterocycles. The van der Waals surface area contributed by atoms with Crippen LogP contribution in [-0.4, -0.2) is 28.0 Å². The number of amides is 1. The fourth-order valence-electron chi connectivity index (χ4n) is 2.12. The third-order valence-corrected chi connectivity index (χ3v) is 3.09. The van der Waals surface area contributed by atoms with Gasteiger partial charge in [-0.25, -0.2) is 0 Å². The van der Waals surface area contributed by atoms with Crippen molar-refractivity contribution in [3.8, 4) is 0 Å². The average Bonchev–Trinajstić information content (AvgIpc) is 2.73. The Balaban J connectivity index is 2.18. The number of H-pyrrole nitrogens is 1. The third kappa shape index (κ3) is 2.76. The number of nitrogens with one attached hydrogen (secondary N) is 2. The normalized spacial score (nSPS) is 12.3. The Labute approximate surface area is 110 Å². The average molecular weight is 260 g/mol. The third-order valence-electron chi connectivity index (χ3n) is 3.09. The van der Waals surface area contributed by atoms with E-state index in [0.717, 1.165) is 22.0 Å². The Morgan fingerprint density at radius 1 is 1.42 bits per heavy atom. The minimum absolute atomic E-state index is 0.169. The van der Waals surface area contributed by atoms with E-state index in [-0.39, 0.29) is 12.3 Å². The van der Waals surface area contributed by atoms with Crippen molar-refractivity contribution in [3.63, 3.8) is 0 Å². The minimum Gasteiger partial charge on any atom is -0.480 e. The van der Waals surface area contributed by atoms with Crippen LogP contribution in [0, 0.1) is 6.92 Å². The van der Waals surface area contributed by atoms with Crippen molar-refractivity contribution in [1.82, 2.24) is 10.3 Å². The van der Waals surface area contributed by atoms with E-state index in [4.69, 9.17) is 5.11 Å². The number of benzene rings is 1. The highest BCUT2D eigenvalue weighted by Gasteiger charge is 2.16. The Morgan fingerprint density at radius 2 is 2.16 bits per heavy atom. The predicted octanol–water partition coefficient (Wildman–Crippen LogP) is 1.61. The molecule has 100 valence electrons. The molecular weight excluding hydrogens is 244 g/mol. The van der Waals surface area contributed by atoms with Gasteiger partial charge in [0.25, 0.3) is 0 Å². The van der Waals surface area contributed by atoms with Gasteiger partial charge in [-0.05, 0) is 31.0 Å². The zero-order valence-corrected chi connectivity index (χ0v) is 10.9. The number of rotatable bonds is 4. The summed E-state index contributed by atoms with van der Waals surface area (Å²) < 4.78 is 0. The molecule has 0 radical (unpaired) electrons. The van der Waals surface area contributed by atoms with E-state index in [1.807, 2.05) is 25.1 Å². The molecule has 0 spiro atoms. The van der Waals surface area contributed by atoms with Gasteiger partial charge in [0.1, 0.15) is 6.04 Å². The largest absolute Gasteiger partial charge is 0.480 e. The maximum absolute atomic E-state index is 11.8. The van der Waals surface area contributed by atoms with Crippen LogP contribution in [0.3, 0.4) is 0 Å². The van der Waals surface area contributed by atoms with Gasteiger partial charge in [0.05, 0.1) is 6.42 Å². The second kappa shape index (κ2) is 5.14. The molecule has 0 bridgehead atoms. The Bertz CT molecular complexity index is 631. The maximum atomic E-state index is 11.8. The Morgan fingerprint density at radius 3 is 2.84 bits per heavy atom. The van der Waals surface area contributed by atoms with Crippen LogP contribution in [0.15, 0.2) is 24.4 Å². The molecule has 1 aromatic carbocycles. The van der Waals surface area contributed by atoms with E-state index < -0.39 is 12.0 Å². The van der Waals surface area contributed by atoms with Crippen LogP contribution in [-0.2, 0) is 16.0 Å². The minimum atomic E-state index is -1.04. The lowest BCUT2D eigenvalue weighted by molar-refractivity contribution is -0.141. The van der Waals surface area contributed by atoms with Crippen LogP contribution >= 0.6 is 0 Å². The highest BCUT2D eigenvalue weighted by molar-refractivity contribution is 5.92. The summed E-state index contributed by atoms with van der Waals surface area (Å²) in [5, 5.41) is 12.2. The number of hydrogen-bond donors (Lipinski definition) is 3. The van der Waals surface area contributed by atoms with Crippen LogP contribution in [0.2, 0.25) is 0 Å². The molecular formula is C14H16N2O3. The maximum Gasteiger partial charge on any atom is 0.325 e. The lowest BCUT2D eigenvalue weighted by Crippen LogP contribution is -2.39. The molecule has 1 aromatic heterocycles. The summed E-state index contributed by atoms with van der Waals surface area (Å²) in [6.45, 7) is 3.43. The van der Waals surface area contributed by atoms with Gasteiger partial charge in [0, 0.05) is 17.1 Å². The van der Waals surface area contributed by atoms with Crippen LogP contribution in [0.5, 0.6) is 0 Å². The summed E-state index contributed by atoms with van der Waals surface area (Å²) in [5.41, 5.74) is 2.95. The molecule has 2 aromatic rings. The van der Waals surface area contributed by atoms with Gasteiger partial charge < -0.3 is 15.4 Å². The SMILES string of the molecule is Cc1cccc2[nH]cc(CC(=O)N[C@H](C)C(=O)O)c12. The lowest BCUT2D eigenvalue weighted by atomic mass is 10.1. The number of fused-ring (bicyclic) bond motifs is 1. The van der Waals surface area contributed by atoms with Crippen molar-refractivity contribution in [2.75, 3.05) is 0 Å². The van der Waals surface area contributed by atoms with Crippen molar-refractivity contribution in [2.24, 2.45) is 0 Å². The zero-order chi connectivity index (χ0) is 14.0. The molecule has 5 nitrogen and oxygen atoms in total. The molecule has 0 saturated carbocycles. The number of aromatic nitrogens is 1. The number of aliphatic carboxylic acids is 1. The number of carbonyl (C=O) groups is 2. The monoisotopic (exact) mass is 260 g/mol. The summed E-state index contributed by atoms with van der Waals surface area (Å²) in [6, 6.07) is 5.00. The molecule has 3 N–H and O–H groups in total. The predicted molar refractivity (Wildman–Crippen MR) is 72.0 cm³/mol. The fourth-order valence-corrected chi connectivity index (χ4v) is 2.12. The standard InChI is InChI=1S/C14H16N2O3/c1-8-4-3-5-11-13(8)10(7-15-11)6-12(17)16-9(2)14(18)19/h3-5,7,9,15H,6H2,1-2H3,(H,16,17)(H,18,19)/t9-/m1/s1. The zero-order valence-electron chi connectivity index (χ0n) is 10.9. The summed E-state index contributed by atoms with van der Waals surface area (Å²) in [7, 11) is 0. The smallest absolute Gasteiger partial charge is 0.325 e. The molecule has 2 rings (SSSR count). The first-order valence-electron chi connectivity index (χ1n) is 6.07. The van der Waals surface area contributed by atoms with Gasteiger partial charge in [-0.15, -0.1) is 0 Å². The second-order valence-electron chi connectivity index (χ2n) is 4.62. The first-order chi connectivity index (χ1) is 8.99. The van der Waals surface area contributed by atoms with Gasteiger partial charge in [-0.2, -0.15) is 0 Å². The van der Waals surface area contributed by atoms with Crippen molar-refractivity contribution >= 4 is 22.8 Å². The van der Waals surface area contributed by atoms with Gasteiger partial charge in [-0.3, -0.25) is 9.59 Å². The van der Waals surface area contributed by atoms with E-state index in [9.17, 15) is 9.59 Å². The van der Waals surface area contributed by atoms with Crippen LogP contribution < -0.4 is 5.32 Å². The molecule has 0 aliphatic rings. The van der Waals surface area contributed by atoms with E-state index in [1.54, 1.807) is 6.20 Å². The van der Waals surface area contributed by atoms with Gasteiger partial charge >= 0.3 is 5.97 Å². The van der Waals surface area contributed by atoms with Gasteiger partial charge in [0.2, 0.25) is 5.91 Å². The van der Waals surface area contributed by atoms with Crippen molar-refractivity contribution in [1.29, 1.82) is 0 Å². The highest BCUT2D eigenvalue weighted by Crippen LogP contribution is 2.22. The number of aromatic amines is 1. The highest BCUT2D eigenvalue weighted by atomic mass is 16.4. The number of hydrogen-bond acceptors (Lipinski definition) is 2. The summed E-state index contributed by atoms with van der Waals surface area (Å²) >= 11 is 0. The summed E-state index contributed by atoms with van der Waals surface area (Å²) in [5.74, 6) is -1.33. The molecule has 0 fully saturated rings. The Hall–Kier alpha value is -2.30. The van der Waals surface area contributed by atoms with Crippen LogP contribution in [0.4, 0.5) is 0 Å². The van der Waals surface area contributed by atoms with E-state index in [2.05, 4.69) is 10.3 Å². The van der Waals surface area contributed by atoms with Gasteiger partial charge in [-0.1, -0.05) is 12.1 Å². The van der Waals surface area contributed by atoms with E-state index in [1.165, 1.54) is 6.92 Å². The van der Waals surface area contributed by atoms with Crippen LogP contribution in [0.1, 0.15) is 18.1 Å². The molecule has 0 aliphatic heterocycles. The number of carbonyl (C=O) groups excluding carboxylic acids is 1. The van der Waals surface area contributed by atoms with Crippen molar-refractivity contribution in [2.45, 2.75) is 26.3 Å². The Kier molecular flexibility index (Phi) is 3.55. The first-order valence-corrected chi connectivity index (χ1v) is 6.07. The number of carboxylic acid groups (broad SMARTS) is 1. The molecule has 0 unspecified atom stereocenters. The molecule has 19 heavy (non-hydrogen) atoms. The summed E-state index contributed by atoms with van der Waals surface area (Å²) in [6.07, 6.45) is 1.96. The molecule has 1 atom stereocenters. The first kappa shape index (κ1) is 13.1. The van der Waals surface area contributed by atoms with Crippen LogP contribution in [0.25, 0.3) is 10.9 Å². The van der Waals surface area contributed by atoms with E-state index in [0.29, 0.717) is 0 Å².